The van der Waals surface area contributed by atoms with Gasteiger partial charge in [-0.2, -0.15) is 0 Å². The van der Waals surface area contributed by atoms with E-state index in [2.05, 4.69) is 0 Å². The van der Waals surface area contributed by atoms with Crippen LogP contribution in [0, 0.1) is 0 Å². The lowest BCUT2D eigenvalue weighted by Crippen LogP contribution is -2.28. The molecule has 0 amide bonds. The van der Waals surface area contributed by atoms with Crippen molar-refractivity contribution in [2.24, 2.45) is 0 Å². The number of carbonyl (C=O) groups excluding carboxylic acids is 2. The lowest BCUT2D eigenvalue weighted by Gasteiger charge is -2.22. The molecular weight excluding hydrogens is 266 g/mol. The van der Waals surface area contributed by atoms with Crippen molar-refractivity contribution in [3.8, 4) is 0 Å². The first kappa shape index (κ1) is 13.4. The number of Topliss-reactive ketones (excluding diaryl/α,β-unsaturated/α-hetero) is 1. The summed E-state index contributed by atoms with van der Waals surface area (Å²) in [4.78, 5) is 29.7. The van der Waals surface area contributed by atoms with Gasteiger partial charge < -0.3 is 4.84 Å². The minimum absolute atomic E-state index is 0.0869. The average molecular weight is 281 g/mol. The molecule has 2 aromatic rings. The second kappa shape index (κ2) is 5.79. The standard InChI is InChI=1S/C17H15NO3/c19-16-11-6-12-18(15-10-5-4-9-14(15)16)21-17(20)13-7-2-1-3-8-13/h1-5,7-10H,6,11-12H2. The summed E-state index contributed by atoms with van der Waals surface area (Å²) >= 11 is 0. The van der Waals surface area contributed by atoms with Gasteiger partial charge in [-0.05, 0) is 30.7 Å². The molecule has 4 nitrogen and oxygen atoms in total. The van der Waals surface area contributed by atoms with Gasteiger partial charge >= 0.3 is 5.97 Å². The average Bonchev–Trinajstić information content (AvgIpc) is 2.69. The zero-order valence-corrected chi connectivity index (χ0v) is 11.5. The van der Waals surface area contributed by atoms with Gasteiger partial charge in [0.15, 0.2) is 5.78 Å². The number of nitrogens with zero attached hydrogens (tertiary/aromatic N) is 1. The van der Waals surface area contributed by atoms with E-state index in [1.54, 1.807) is 36.4 Å². The number of para-hydroxylation sites is 1. The van der Waals surface area contributed by atoms with E-state index in [0.717, 1.165) is 0 Å². The van der Waals surface area contributed by atoms with E-state index in [4.69, 9.17) is 4.84 Å². The maximum Gasteiger partial charge on any atom is 0.363 e. The van der Waals surface area contributed by atoms with Gasteiger partial charge in [0.1, 0.15) is 0 Å². The van der Waals surface area contributed by atoms with Gasteiger partial charge in [0.2, 0.25) is 0 Å². The lowest BCUT2D eigenvalue weighted by molar-refractivity contribution is 0.0450. The predicted molar refractivity (Wildman–Crippen MR) is 79.2 cm³/mol. The van der Waals surface area contributed by atoms with Gasteiger partial charge in [0, 0.05) is 12.0 Å². The molecular formula is C17H15NO3. The fourth-order valence-corrected chi connectivity index (χ4v) is 2.39. The van der Waals surface area contributed by atoms with Crippen LogP contribution in [0.25, 0.3) is 0 Å². The Kier molecular flexibility index (Phi) is 3.69. The van der Waals surface area contributed by atoms with E-state index in [1.165, 1.54) is 5.06 Å². The first-order chi connectivity index (χ1) is 10.3. The summed E-state index contributed by atoms with van der Waals surface area (Å²) < 4.78 is 0. The van der Waals surface area contributed by atoms with Gasteiger partial charge in [-0.3, -0.25) is 4.79 Å². The molecule has 1 aliphatic heterocycles. The maximum atomic E-state index is 12.2. The molecule has 21 heavy (non-hydrogen) atoms. The highest BCUT2D eigenvalue weighted by atomic mass is 16.7. The third-order valence-corrected chi connectivity index (χ3v) is 3.44. The fraction of sp³-hybridized carbons (Fsp3) is 0.176. The molecule has 0 spiro atoms. The Morgan fingerprint density at radius 1 is 1.00 bits per heavy atom. The zero-order valence-electron chi connectivity index (χ0n) is 11.5. The van der Waals surface area contributed by atoms with Crippen molar-refractivity contribution < 1.29 is 14.4 Å². The Labute approximate surface area is 122 Å². The van der Waals surface area contributed by atoms with Crippen LogP contribution in [0.1, 0.15) is 33.6 Å². The van der Waals surface area contributed by atoms with Crippen LogP contribution in [-0.4, -0.2) is 18.3 Å². The Bertz CT molecular complexity index is 667. The predicted octanol–water partition coefficient (Wildman–Crippen LogP) is 3.24. The van der Waals surface area contributed by atoms with Gasteiger partial charge in [-0.25, -0.2) is 9.86 Å². The van der Waals surface area contributed by atoms with Crippen molar-refractivity contribution >= 4 is 17.4 Å². The molecule has 0 radical (unpaired) electrons. The molecule has 106 valence electrons. The summed E-state index contributed by atoms with van der Waals surface area (Å²) in [5.41, 5.74) is 1.76. The monoisotopic (exact) mass is 281 g/mol. The van der Waals surface area contributed by atoms with E-state index in [0.29, 0.717) is 36.2 Å². The summed E-state index contributed by atoms with van der Waals surface area (Å²) in [6, 6.07) is 16.1. The van der Waals surface area contributed by atoms with Gasteiger partial charge in [0.05, 0.1) is 17.8 Å². The van der Waals surface area contributed by atoms with E-state index >= 15 is 0 Å². The lowest BCUT2D eigenvalue weighted by atomic mass is 10.1. The van der Waals surface area contributed by atoms with Crippen LogP contribution in [0.5, 0.6) is 0 Å². The van der Waals surface area contributed by atoms with Crippen molar-refractivity contribution in [1.29, 1.82) is 0 Å². The summed E-state index contributed by atoms with van der Waals surface area (Å²) in [6.07, 6.45) is 1.13. The number of hydroxylamine groups is 1. The highest BCUT2D eigenvalue weighted by Crippen LogP contribution is 2.26. The van der Waals surface area contributed by atoms with Crippen LogP contribution in [0.3, 0.4) is 0 Å². The Hall–Kier alpha value is -2.62. The Morgan fingerprint density at radius 2 is 1.71 bits per heavy atom. The molecule has 0 aromatic heterocycles. The van der Waals surface area contributed by atoms with Crippen molar-refractivity contribution in [2.75, 3.05) is 11.6 Å². The van der Waals surface area contributed by atoms with Crippen LogP contribution in [-0.2, 0) is 4.84 Å². The topological polar surface area (TPSA) is 46.6 Å². The maximum absolute atomic E-state index is 12.2. The molecule has 0 atom stereocenters. The van der Waals surface area contributed by atoms with Crippen molar-refractivity contribution in [1.82, 2.24) is 0 Å². The second-order valence-corrected chi connectivity index (χ2v) is 4.89. The number of hydrogen-bond acceptors (Lipinski definition) is 4. The fourth-order valence-electron chi connectivity index (χ4n) is 2.39. The molecule has 3 rings (SSSR count). The van der Waals surface area contributed by atoms with E-state index in [9.17, 15) is 9.59 Å². The molecule has 0 N–H and O–H groups in total. The minimum Gasteiger partial charge on any atom is -0.335 e. The number of fused-ring (bicyclic) bond motifs is 1. The van der Waals surface area contributed by atoms with E-state index < -0.39 is 5.97 Å². The molecule has 0 bridgehead atoms. The zero-order chi connectivity index (χ0) is 14.7. The summed E-state index contributed by atoms with van der Waals surface area (Å²) in [6.45, 7) is 0.515. The number of hydrogen-bond donors (Lipinski definition) is 0. The molecule has 0 aliphatic carbocycles. The third-order valence-electron chi connectivity index (χ3n) is 3.44. The second-order valence-electron chi connectivity index (χ2n) is 4.89. The normalized spacial score (nSPS) is 14.3. The molecule has 0 fully saturated rings. The van der Waals surface area contributed by atoms with Gasteiger partial charge in [-0.1, -0.05) is 30.3 Å². The number of rotatable bonds is 2. The molecule has 1 heterocycles. The minimum atomic E-state index is -0.417. The molecule has 4 heteroatoms. The SMILES string of the molecule is O=C(ON1CCCC(=O)c2ccccc21)c1ccccc1. The Morgan fingerprint density at radius 3 is 2.52 bits per heavy atom. The van der Waals surface area contributed by atoms with Crippen molar-refractivity contribution in [3.05, 3.63) is 65.7 Å². The van der Waals surface area contributed by atoms with Crippen molar-refractivity contribution in [3.63, 3.8) is 0 Å². The molecule has 0 saturated carbocycles. The van der Waals surface area contributed by atoms with Crippen LogP contribution in [0.4, 0.5) is 5.69 Å². The molecule has 0 unspecified atom stereocenters. The molecule has 1 aliphatic rings. The number of anilines is 1. The van der Waals surface area contributed by atoms with Crippen LogP contribution < -0.4 is 5.06 Å². The summed E-state index contributed by atoms with van der Waals surface area (Å²) in [7, 11) is 0. The third kappa shape index (κ3) is 2.79. The molecule has 0 saturated heterocycles. The summed E-state index contributed by atoms with van der Waals surface area (Å²) in [5, 5.41) is 1.52. The summed E-state index contributed by atoms with van der Waals surface area (Å²) in [5.74, 6) is -0.330. The number of carbonyl (C=O) groups is 2. The first-order valence-corrected chi connectivity index (χ1v) is 6.93. The highest BCUT2D eigenvalue weighted by Gasteiger charge is 2.23. The van der Waals surface area contributed by atoms with Crippen LogP contribution >= 0.6 is 0 Å². The van der Waals surface area contributed by atoms with Crippen LogP contribution in [0.2, 0.25) is 0 Å². The van der Waals surface area contributed by atoms with E-state index in [-0.39, 0.29) is 5.78 Å². The van der Waals surface area contributed by atoms with Crippen molar-refractivity contribution in [2.45, 2.75) is 12.8 Å². The smallest absolute Gasteiger partial charge is 0.335 e. The van der Waals surface area contributed by atoms with E-state index in [1.807, 2.05) is 18.2 Å². The van der Waals surface area contributed by atoms with Crippen LogP contribution in [0.15, 0.2) is 54.6 Å². The number of ketones is 1. The number of benzene rings is 2. The quantitative estimate of drug-likeness (QED) is 0.847. The highest BCUT2D eigenvalue weighted by molar-refractivity contribution is 6.02. The van der Waals surface area contributed by atoms with Gasteiger partial charge in [-0.15, -0.1) is 0 Å². The Balaban J connectivity index is 1.87. The molecule has 2 aromatic carbocycles. The largest absolute Gasteiger partial charge is 0.363 e. The van der Waals surface area contributed by atoms with Gasteiger partial charge in [0.25, 0.3) is 0 Å². The first-order valence-electron chi connectivity index (χ1n) is 6.93.